The van der Waals surface area contributed by atoms with Gasteiger partial charge in [0.1, 0.15) is 0 Å². The van der Waals surface area contributed by atoms with Gasteiger partial charge in [0.25, 0.3) is 0 Å². The van der Waals surface area contributed by atoms with E-state index in [2.05, 4.69) is 11.4 Å². The third kappa shape index (κ3) is 1.24. The van der Waals surface area contributed by atoms with Gasteiger partial charge in [-0.05, 0) is 24.1 Å². The summed E-state index contributed by atoms with van der Waals surface area (Å²) in [6.07, 6.45) is 0.985. The van der Waals surface area contributed by atoms with E-state index < -0.39 is 0 Å². The Bertz CT molecular complexity index is 328. The quantitative estimate of drug-likeness (QED) is 0.663. The normalized spacial score (nSPS) is 12.2. The van der Waals surface area contributed by atoms with Crippen molar-refractivity contribution in [1.29, 1.82) is 5.26 Å². The average molecular weight is 181 g/mol. The van der Waals surface area contributed by atoms with Crippen molar-refractivity contribution < 1.29 is 0 Å². The Hall–Kier alpha value is -1.20. The molecular weight excluding hydrogens is 172 g/mol. The van der Waals surface area contributed by atoms with E-state index in [0.717, 1.165) is 24.2 Å². The van der Waals surface area contributed by atoms with Gasteiger partial charge in [0.15, 0.2) is 0 Å². The highest BCUT2D eigenvalue weighted by molar-refractivity contribution is 5.85. The molecule has 3 heteroatoms. The van der Waals surface area contributed by atoms with Gasteiger partial charge in [-0.15, -0.1) is 12.4 Å². The van der Waals surface area contributed by atoms with E-state index in [1.54, 1.807) is 0 Å². The summed E-state index contributed by atoms with van der Waals surface area (Å²) in [7, 11) is 0. The molecule has 0 radical (unpaired) electrons. The van der Waals surface area contributed by atoms with Crippen LogP contribution >= 0.6 is 12.4 Å². The molecule has 1 aromatic carbocycles. The summed E-state index contributed by atoms with van der Waals surface area (Å²) in [6.45, 7) is 0.966. The van der Waals surface area contributed by atoms with Gasteiger partial charge in [0, 0.05) is 12.2 Å². The zero-order valence-corrected chi connectivity index (χ0v) is 7.32. The first kappa shape index (κ1) is 8.89. The fraction of sp³-hybridized carbons (Fsp3) is 0.222. The number of benzene rings is 1. The Morgan fingerprint density at radius 1 is 1.42 bits per heavy atom. The number of hydrogen-bond acceptors (Lipinski definition) is 2. The van der Waals surface area contributed by atoms with Crippen molar-refractivity contribution in [1.82, 2.24) is 0 Å². The number of hydrogen-bond donors (Lipinski definition) is 1. The van der Waals surface area contributed by atoms with E-state index in [1.807, 2.05) is 18.2 Å². The van der Waals surface area contributed by atoms with Crippen molar-refractivity contribution in [2.24, 2.45) is 0 Å². The minimum Gasteiger partial charge on any atom is -0.384 e. The molecule has 2 nitrogen and oxygen atoms in total. The van der Waals surface area contributed by atoms with Crippen molar-refractivity contribution in [3.8, 4) is 6.07 Å². The van der Waals surface area contributed by atoms with Gasteiger partial charge in [-0.2, -0.15) is 5.26 Å². The third-order valence-corrected chi connectivity index (χ3v) is 1.99. The summed E-state index contributed by atoms with van der Waals surface area (Å²) < 4.78 is 0. The zero-order chi connectivity index (χ0) is 7.68. The molecule has 1 aliphatic heterocycles. The zero-order valence-electron chi connectivity index (χ0n) is 6.50. The van der Waals surface area contributed by atoms with E-state index in [1.165, 1.54) is 5.56 Å². The molecule has 1 aliphatic rings. The third-order valence-electron chi connectivity index (χ3n) is 1.99. The number of fused-ring (bicyclic) bond motifs is 1. The number of nitriles is 1. The first-order valence-electron chi connectivity index (χ1n) is 3.67. The molecule has 62 valence electrons. The van der Waals surface area contributed by atoms with Crippen molar-refractivity contribution in [3.05, 3.63) is 29.3 Å². The maximum Gasteiger partial charge on any atom is 0.0995 e. The lowest BCUT2D eigenvalue weighted by atomic mass is 10.1. The summed E-state index contributed by atoms with van der Waals surface area (Å²) in [5.74, 6) is 0. The van der Waals surface area contributed by atoms with Crippen LogP contribution in [0.5, 0.6) is 0 Å². The molecule has 0 amide bonds. The van der Waals surface area contributed by atoms with Crippen molar-refractivity contribution in [3.63, 3.8) is 0 Å². The first-order valence-corrected chi connectivity index (χ1v) is 3.67. The van der Waals surface area contributed by atoms with Crippen LogP contribution in [0.15, 0.2) is 18.2 Å². The molecule has 12 heavy (non-hydrogen) atoms. The fourth-order valence-electron chi connectivity index (χ4n) is 1.45. The van der Waals surface area contributed by atoms with Gasteiger partial charge in [-0.25, -0.2) is 0 Å². The van der Waals surface area contributed by atoms with Gasteiger partial charge in [-0.1, -0.05) is 6.07 Å². The second-order valence-corrected chi connectivity index (χ2v) is 2.62. The Labute approximate surface area is 77.6 Å². The van der Waals surface area contributed by atoms with Crippen LogP contribution in [0.2, 0.25) is 0 Å². The Morgan fingerprint density at radius 3 is 3.00 bits per heavy atom. The van der Waals surface area contributed by atoms with E-state index in [0.29, 0.717) is 0 Å². The van der Waals surface area contributed by atoms with Crippen molar-refractivity contribution >= 4 is 18.1 Å². The highest BCUT2D eigenvalue weighted by Gasteiger charge is 2.12. The first-order chi connectivity index (χ1) is 5.42. The Kier molecular flexibility index (Phi) is 2.57. The minimum atomic E-state index is 0. The highest BCUT2D eigenvalue weighted by Crippen LogP contribution is 2.24. The molecule has 1 aromatic rings. The maximum atomic E-state index is 8.72. The van der Waals surface area contributed by atoms with Crippen LogP contribution in [0.1, 0.15) is 11.1 Å². The smallest absolute Gasteiger partial charge is 0.0995 e. The van der Waals surface area contributed by atoms with E-state index >= 15 is 0 Å². The second-order valence-electron chi connectivity index (χ2n) is 2.62. The Balaban J connectivity index is 0.000000720. The fourth-order valence-corrected chi connectivity index (χ4v) is 1.45. The van der Waals surface area contributed by atoms with Gasteiger partial charge in [0.2, 0.25) is 0 Å². The lowest BCUT2D eigenvalue weighted by Gasteiger charge is -1.98. The maximum absolute atomic E-state index is 8.72. The summed E-state index contributed by atoms with van der Waals surface area (Å²) in [4.78, 5) is 0. The molecule has 0 saturated heterocycles. The molecule has 0 aromatic heterocycles. The number of rotatable bonds is 0. The molecule has 1 heterocycles. The van der Waals surface area contributed by atoms with Crippen LogP contribution < -0.4 is 5.32 Å². The van der Waals surface area contributed by atoms with Crippen LogP contribution in [0, 0.1) is 11.3 Å². The second kappa shape index (κ2) is 3.46. The molecule has 0 aliphatic carbocycles. The van der Waals surface area contributed by atoms with Crippen LogP contribution in [0.4, 0.5) is 5.69 Å². The molecule has 0 spiro atoms. The molecule has 1 N–H and O–H groups in total. The summed E-state index contributed by atoms with van der Waals surface area (Å²) >= 11 is 0. The lowest BCUT2D eigenvalue weighted by molar-refractivity contribution is 1.10. The summed E-state index contributed by atoms with van der Waals surface area (Å²) in [6, 6.07) is 7.98. The van der Waals surface area contributed by atoms with Crippen LogP contribution in [-0.2, 0) is 6.42 Å². The van der Waals surface area contributed by atoms with Gasteiger partial charge < -0.3 is 5.32 Å². The molecule has 0 bridgehead atoms. The molecule has 0 saturated carbocycles. The van der Waals surface area contributed by atoms with Gasteiger partial charge in [0.05, 0.1) is 11.6 Å². The molecule has 0 atom stereocenters. The number of halogens is 1. The predicted octanol–water partition coefficient (Wildman–Crippen LogP) is 1.95. The van der Waals surface area contributed by atoms with E-state index in [-0.39, 0.29) is 12.4 Å². The standard InChI is InChI=1S/C9H8N2.ClH/c10-6-7-2-1-3-9-8(7)4-5-11-9;/h1-3,11H,4-5H2;1H. The van der Waals surface area contributed by atoms with E-state index in [9.17, 15) is 0 Å². The van der Waals surface area contributed by atoms with Crippen LogP contribution in [0.25, 0.3) is 0 Å². The number of nitrogens with zero attached hydrogens (tertiary/aromatic N) is 1. The van der Waals surface area contributed by atoms with Crippen molar-refractivity contribution in [2.45, 2.75) is 6.42 Å². The number of anilines is 1. The van der Waals surface area contributed by atoms with Crippen LogP contribution in [-0.4, -0.2) is 6.54 Å². The number of nitrogens with one attached hydrogen (secondary N) is 1. The van der Waals surface area contributed by atoms with Gasteiger partial charge in [-0.3, -0.25) is 0 Å². The molecular formula is C9H9ClN2. The highest BCUT2D eigenvalue weighted by atomic mass is 35.5. The SMILES string of the molecule is Cl.N#Cc1cccc2c1CCN2. The predicted molar refractivity (Wildman–Crippen MR) is 50.6 cm³/mol. The molecule has 0 fully saturated rings. The van der Waals surface area contributed by atoms with Gasteiger partial charge >= 0.3 is 0 Å². The topological polar surface area (TPSA) is 35.8 Å². The average Bonchev–Trinajstić information content (AvgIpc) is 2.50. The van der Waals surface area contributed by atoms with E-state index in [4.69, 9.17) is 5.26 Å². The largest absolute Gasteiger partial charge is 0.384 e. The monoisotopic (exact) mass is 180 g/mol. The Morgan fingerprint density at radius 2 is 2.25 bits per heavy atom. The molecule has 2 rings (SSSR count). The van der Waals surface area contributed by atoms with Crippen LogP contribution in [0.3, 0.4) is 0 Å². The summed E-state index contributed by atoms with van der Waals surface area (Å²) in [5.41, 5.74) is 3.12. The lowest BCUT2D eigenvalue weighted by Crippen LogP contribution is -1.90. The minimum absolute atomic E-state index is 0. The van der Waals surface area contributed by atoms with Crippen molar-refractivity contribution in [2.75, 3.05) is 11.9 Å². The molecule has 0 unspecified atom stereocenters. The summed E-state index contributed by atoms with van der Waals surface area (Å²) in [5, 5.41) is 11.9.